The van der Waals surface area contributed by atoms with E-state index in [0.29, 0.717) is 18.6 Å². The molecule has 0 fully saturated rings. The number of halogens is 4. The molecule has 1 N–H and O–H groups in total. The van der Waals surface area contributed by atoms with Crippen molar-refractivity contribution in [3.05, 3.63) is 29.6 Å². The van der Waals surface area contributed by atoms with Gasteiger partial charge in [0.05, 0.1) is 0 Å². The molecule has 0 aliphatic rings. The Hall–Kier alpha value is -0.790. The van der Waals surface area contributed by atoms with Gasteiger partial charge in [0.25, 0.3) is 0 Å². The highest BCUT2D eigenvalue weighted by Gasteiger charge is 2.25. The van der Waals surface area contributed by atoms with Gasteiger partial charge in [0.15, 0.2) is 4.90 Å². The number of benzene rings is 1. The maximum atomic E-state index is 13.3. The molecule has 0 aromatic heterocycles. The predicted molar refractivity (Wildman–Crippen MR) is 61.4 cm³/mol. The highest BCUT2D eigenvalue weighted by molar-refractivity contribution is 7.89. The van der Waals surface area contributed by atoms with Gasteiger partial charge >= 0.3 is 0 Å². The summed E-state index contributed by atoms with van der Waals surface area (Å²) < 4.78 is 64.4. The molecule has 1 atom stereocenters. The Bertz CT molecular complexity index is 513. The SMILES string of the molecule is CCC(Cl)CNS(=O)(=O)c1c(F)cc(F)cc1F. The average molecular weight is 302 g/mol. The second-order valence-electron chi connectivity index (χ2n) is 3.56. The molecule has 1 aromatic carbocycles. The van der Waals surface area contributed by atoms with Crippen LogP contribution in [-0.4, -0.2) is 20.3 Å². The summed E-state index contributed by atoms with van der Waals surface area (Å²) in [7, 11) is -4.39. The Labute approximate surface area is 108 Å². The zero-order chi connectivity index (χ0) is 13.9. The Kier molecular flexibility index (Phi) is 5.01. The highest BCUT2D eigenvalue weighted by atomic mass is 35.5. The van der Waals surface area contributed by atoms with Crippen LogP contribution in [0.15, 0.2) is 17.0 Å². The van der Waals surface area contributed by atoms with Crippen molar-refractivity contribution in [1.82, 2.24) is 4.72 Å². The quantitative estimate of drug-likeness (QED) is 0.849. The van der Waals surface area contributed by atoms with Crippen LogP contribution in [0.3, 0.4) is 0 Å². The van der Waals surface area contributed by atoms with Crippen molar-refractivity contribution in [2.45, 2.75) is 23.6 Å². The molecule has 0 saturated carbocycles. The van der Waals surface area contributed by atoms with Crippen molar-refractivity contribution in [3.8, 4) is 0 Å². The van der Waals surface area contributed by atoms with Gasteiger partial charge in [-0.3, -0.25) is 0 Å². The van der Waals surface area contributed by atoms with Crippen LogP contribution >= 0.6 is 11.6 Å². The summed E-state index contributed by atoms with van der Waals surface area (Å²) in [5, 5.41) is -0.494. The molecule has 1 unspecified atom stereocenters. The van der Waals surface area contributed by atoms with Crippen LogP contribution in [0.2, 0.25) is 0 Å². The second-order valence-corrected chi connectivity index (χ2v) is 5.88. The van der Waals surface area contributed by atoms with Crippen molar-refractivity contribution in [2.75, 3.05) is 6.54 Å². The number of alkyl halides is 1. The maximum absolute atomic E-state index is 13.3. The molecule has 1 rings (SSSR count). The molecule has 0 saturated heterocycles. The molecule has 1 aromatic rings. The molecule has 18 heavy (non-hydrogen) atoms. The van der Waals surface area contributed by atoms with Gasteiger partial charge < -0.3 is 0 Å². The van der Waals surface area contributed by atoms with E-state index in [9.17, 15) is 21.6 Å². The van der Waals surface area contributed by atoms with Gasteiger partial charge in [0, 0.05) is 24.1 Å². The molecule has 8 heteroatoms. The second kappa shape index (κ2) is 5.90. The summed E-state index contributed by atoms with van der Waals surface area (Å²) in [5.41, 5.74) is 0. The van der Waals surface area contributed by atoms with Gasteiger partial charge in [0.1, 0.15) is 17.5 Å². The van der Waals surface area contributed by atoms with Crippen LogP contribution in [-0.2, 0) is 10.0 Å². The lowest BCUT2D eigenvalue weighted by Crippen LogP contribution is -2.31. The van der Waals surface area contributed by atoms with Gasteiger partial charge in [-0.2, -0.15) is 0 Å². The van der Waals surface area contributed by atoms with E-state index < -0.39 is 37.7 Å². The molecule has 0 radical (unpaired) electrons. The van der Waals surface area contributed by atoms with Gasteiger partial charge in [-0.25, -0.2) is 26.3 Å². The van der Waals surface area contributed by atoms with Gasteiger partial charge in [-0.15, -0.1) is 11.6 Å². The first kappa shape index (κ1) is 15.3. The zero-order valence-electron chi connectivity index (χ0n) is 9.38. The van der Waals surface area contributed by atoms with Crippen LogP contribution in [0.4, 0.5) is 13.2 Å². The lowest BCUT2D eigenvalue weighted by atomic mass is 10.3. The molecule has 0 bridgehead atoms. The molecule has 3 nitrogen and oxygen atoms in total. The fourth-order valence-corrected chi connectivity index (χ4v) is 2.57. The molecule has 0 aliphatic heterocycles. The third-order valence-corrected chi connectivity index (χ3v) is 4.11. The van der Waals surface area contributed by atoms with E-state index in [0.717, 1.165) is 0 Å². The number of hydrogen-bond donors (Lipinski definition) is 1. The van der Waals surface area contributed by atoms with Crippen molar-refractivity contribution in [1.29, 1.82) is 0 Å². The zero-order valence-corrected chi connectivity index (χ0v) is 11.0. The molecule has 0 heterocycles. The maximum Gasteiger partial charge on any atom is 0.246 e. The Morgan fingerprint density at radius 1 is 1.28 bits per heavy atom. The minimum Gasteiger partial charge on any atom is -0.209 e. The normalized spacial score (nSPS) is 13.6. The summed E-state index contributed by atoms with van der Waals surface area (Å²) in [6.07, 6.45) is 0.485. The van der Waals surface area contributed by atoms with E-state index in [1.807, 2.05) is 4.72 Å². The monoisotopic (exact) mass is 301 g/mol. The average Bonchev–Trinajstić information content (AvgIpc) is 2.24. The van der Waals surface area contributed by atoms with Gasteiger partial charge in [-0.05, 0) is 6.42 Å². The molecular weight excluding hydrogens is 291 g/mol. The van der Waals surface area contributed by atoms with Crippen LogP contribution in [0.25, 0.3) is 0 Å². The summed E-state index contributed by atoms with van der Waals surface area (Å²) >= 11 is 5.69. The molecule has 0 spiro atoms. The summed E-state index contributed by atoms with van der Waals surface area (Å²) in [6, 6.07) is 0.602. The largest absolute Gasteiger partial charge is 0.246 e. The molecule has 102 valence electrons. The van der Waals surface area contributed by atoms with Crippen molar-refractivity contribution in [2.24, 2.45) is 0 Å². The van der Waals surface area contributed by atoms with E-state index in [1.165, 1.54) is 0 Å². The minimum absolute atomic E-state index is 0.170. The van der Waals surface area contributed by atoms with Crippen LogP contribution in [0.1, 0.15) is 13.3 Å². The lowest BCUT2D eigenvalue weighted by Gasteiger charge is -2.10. The Morgan fingerprint density at radius 3 is 2.22 bits per heavy atom. The van der Waals surface area contributed by atoms with Gasteiger partial charge in [-0.1, -0.05) is 6.92 Å². The standard InChI is InChI=1S/C10H11ClF3NO2S/c1-2-6(11)5-15-18(16,17)10-8(13)3-7(12)4-9(10)14/h3-4,6,15H,2,5H2,1H3. The van der Waals surface area contributed by atoms with Crippen molar-refractivity contribution < 1.29 is 21.6 Å². The molecule has 0 amide bonds. The Morgan fingerprint density at radius 2 is 1.78 bits per heavy atom. The number of nitrogens with one attached hydrogen (secondary N) is 1. The number of hydrogen-bond acceptors (Lipinski definition) is 2. The summed E-state index contributed by atoms with van der Waals surface area (Å²) in [6.45, 7) is 1.56. The van der Waals surface area contributed by atoms with E-state index in [2.05, 4.69) is 0 Å². The first-order valence-electron chi connectivity index (χ1n) is 5.06. The Balaban J connectivity index is 3.06. The molecule has 0 aliphatic carbocycles. The van der Waals surface area contributed by atoms with Crippen molar-refractivity contribution in [3.63, 3.8) is 0 Å². The summed E-state index contributed by atoms with van der Waals surface area (Å²) in [4.78, 5) is -1.20. The first-order valence-corrected chi connectivity index (χ1v) is 6.98. The number of rotatable bonds is 5. The van der Waals surface area contributed by atoms with E-state index >= 15 is 0 Å². The fourth-order valence-electron chi connectivity index (χ4n) is 1.20. The predicted octanol–water partition coefficient (Wildman–Crippen LogP) is 2.40. The van der Waals surface area contributed by atoms with Gasteiger partial charge in [0.2, 0.25) is 10.0 Å². The minimum atomic E-state index is -4.39. The highest BCUT2D eigenvalue weighted by Crippen LogP contribution is 2.20. The topological polar surface area (TPSA) is 46.2 Å². The molecular formula is C10H11ClF3NO2S. The van der Waals surface area contributed by atoms with Crippen LogP contribution < -0.4 is 4.72 Å². The van der Waals surface area contributed by atoms with Crippen molar-refractivity contribution >= 4 is 21.6 Å². The summed E-state index contributed by atoms with van der Waals surface area (Å²) in [5.74, 6) is -4.15. The third kappa shape index (κ3) is 3.60. The van der Waals surface area contributed by atoms with E-state index in [4.69, 9.17) is 11.6 Å². The lowest BCUT2D eigenvalue weighted by molar-refractivity contribution is 0.493. The third-order valence-electron chi connectivity index (χ3n) is 2.17. The first-order chi connectivity index (χ1) is 8.27. The smallest absolute Gasteiger partial charge is 0.209 e. The van der Waals surface area contributed by atoms with E-state index in [-0.39, 0.29) is 6.54 Å². The van der Waals surface area contributed by atoms with Crippen LogP contribution in [0, 0.1) is 17.5 Å². The van der Waals surface area contributed by atoms with E-state index in [1.54, 1.807) is 6.92 Å². The number of sulfonamides is 1. The fraction of sp³-hybridized carbons (Fsp3) is 0.400. The van der Waals surface area contributed by atoms with Crippen LogP contribution in [0.5, 0.6) is 0 Å².